The van der Waals surface area contributed by atoms with Crippen LogP contribution in [0.4, 0.5) is 5.69 Å². The van der Waals surface area contributed by atoms with Gasteiger partial charge < -0.3 is 9.88 Å². The maximum atomic E-state index is 4.21. The van der Waals surface area contributed by atoms with Gasteiger partial charge in [0.25, 0.3) is 0 Å². The summed E-state index contributed by atoms with van der Waals surface area (Å²) in [6, 6.07) is 6.88. The fourth-order valence-corrected chi connectivity index (χ4v) is 2.59. The van der Waals surface area contributed by atoms with Crippen LogP contribution >= 0.6 is 22.6 Å². The molecule has 1 aromatic carbocycles. The molecule has 0 fully saturated rings. The van der Waals surface area contributed by atoms with Crippen molar-refractivity contribution in [3.05, 3.63) is 45.6 Å². The highest BCUT2D eigenvalue weighted by Gasteiger charge is 2.05. The molecule has 1 heterocycles. The minimum atomic E-state index is 0.446. The Balaban J connectivity index is 2.09. The minimum absolute atomic E-state index is 0.446. The Kier molecular flexibility index (Phi) is 4.27. The molecule has 0 radical (unpaired) electrons. The van der Waals surface area contributed by atoms with Gasteiger partial charge in [-0.2, -0.15) is 0 Å². The molecule has 0 spiro atoms. The smallest absolute Gasteiger partial charge is 0.0951 e. The van der Waals surface area contributed by atoms with Crippen LogP contribution in [0.25, 0.3) is 0 Å². The second-order valence-electron chi connectivity index (χ2n) is 4.70. The number of benzene rings is 1. The first kappa shape index (κ1) is 13.4. The molecule has 18 heavy (non-hydrogen) atoms. The van der Waals surface area contributed by atoms with Crippen LogP contribution in [-0.4, -0.2) is 9.55 Å². The lowest BCUT2D eigenvalue weighted by atomic mass is 10.2. The molecular weight excluding hydrogens is 337 g/mol. The van der Waals surface area contributed by atoms with Crippen LogP contribution in [0.5, 0.6) is 0 Å². The lowest BCUT2D eigenvalue weighted by molar-refractivity contribution is 0.577. The van der Waals surface area contributed by atoms with E-state index in [2.05, 4.69) is 76.4 Å². The summed E-state index contributed by atoms with van der Waals surface area (Å²) >= 11 is 2.33. The molecule has 1 aromatic heterocycles. The number of nitrogens with zero attached hydrogens (tertiary/aromatic N) is 2. The predicted octanol–water partition coefficient (Wildman–Crippen LogP) is 3.99. The van der Waals surface area contributed by atoms with Crippen molar-refractivity contribution < 1.29 is 0 Å². The highest BCUT2D eigenvalue weighted by molar-refractivity contribution is 14.1. The summed E-state index contributed by atoms with van der Waals surface area (Å²) in [6.07, 6.45) is 3.82. The van der Waals surface area contributed by atoms with E-state index in [-0.39, 0.29) is 0 Å². The van der Waals surface area contributed by atoms with Crippen molar-refractivity contribution in [3.8, 4) is 0 Å². The Hall–Kier alpha value is -1.04. The van der Waals surface area contributed by atoms with Crippen molar-refractivity contribution >= 4 is 28.3 Å². The van der Waals surface area contributed by atoms with Gasteiger partial charge in [0, 0.05) is 21.5 Å². The number of halogens is 1. The number of anilines is 1. The molecule has 2 aromatic rings. The first-order valence-electron chi connectivity index (χ1n) is 6.08. The van der Waals surface area contributed by atoms with Gasteiger partial charge in [0.15, 0.2) is 0 Å². The van der Waals surface area contributed by atoms with Gasteiger partial charge in [0.2, 0.25) is 0 Å². The molecule has 3 nitrogen and oxygen atoms in total. The highest BCUT2D eigenvalue weighted by Crippen LogP contribution is 2.19. The van der Waals surface area contributed by atoms with Crippen molar-refractivity contribution in [3.63, 3.8) is 0 Å². The van der Waals surface area contributed by atoms with E-state index in [0.29, 0.717) is 6.04 Å². The highest BCUT2D eigenvalue weighted by atomic mass is 127. The van der Waals surface area contributed by atoms with Crippen LogP contribution in [0.3, 0.4) is 0 Å². The third kappa shape index (κ3) is 3.04. The number of rotatable bonds is 4. The molecular formula is C14H18IN3. The second kappa shape index (κ2) is 5.73. The molecule has 0 aliphatic carbocycles. The van der Waals surface area contributed by atoms with Crippen LogP contribution in [0.15, 0.2) is 30.7 Å². The van der Waals surface area contributed by atoms with E-state index >= 15 is 0 Å². The normalized spacial score (nSPS) is 10.9. The second-order valence-corrected chi connectivity index (χ2v) is 5.94. The molecule has 0 aliphatic heterocycles. The van der Waals surface area contributed by atoms with Gasteiger partial charge in [0.05, 0.1) is 18.6 Å². The molecule has 0 bridgehead atoms. The van der Waals surface area contributed by atoms with Crippen molar-refractivity contribution in [1.29, 1.82) is 0 Å². The van der Waals surface area contributed by atoms with E-state index in [4.69, 9.17) is 0 Å². The number of hydrogen-bond donors (Lipinski definition) is 1. The van der Waals surface area contributed by atoms with Gasteiger partial charge in [-0.05, 0) is 67.1 Å². The molecule has 0 amide bonds. The number of aryl methyl sites for hydroxylation is 1. The fourth-order valence-electron chi connectivity index (χ4n) is 1.95. The molecule has 0 unspecified atom stereocenters. The summed E-state index contributed by atoms with van der Waals surface area (Å²) in [7, 11) is 0. The predicted molar refractivity (Wildman–Crippen MR) is 83.8 cm³/mol. The summed E-state index contributed by atoms with van der Waals surface area (Å²) < 4.78 is 3.46. The number of nitrogens with one attached hydrogen (secondary N) is 1. The number of aromatic nitrogens is 2. The topological polar surface area (TPSA) is 29.9 Å². The van der Waals surface area contributed by atoms with Crippen molar-refractivity contribution in [2.45, 2.75) is 33.4 Å². The summed E-state index contributed by atoms with van der Waals surface area (Å²) in [5.74, 6) is 0. The third-order valence-corrected chi connectivity index (χ3v) is 3.62. The van der Waals surface area contributed by atoms with Gasteiger partial charge in [-0.3, -0.25) is 0 Å². The van der Waals surface area contributed by atoms with Gasteiger partial charge in [-0.25, -0.2) is 4.98 Å². The lowest BCUT2D eigenvalue weighted by Gasteiger charge is -2.14. The Morgan fingerprint density at radius 3 is 2.83 bits per heavy atom. The molecule has 0 saturated carbocycles. The Labute approximate surface area is 122 Å². The number of imidazole rings is 1. The summed E-state index contributed by atoms with van der Waals surface area (Å²) in [5, 5.41) is 3.47. The van der Waals surface area contributed by atoms with Crippen LogP contribution in [0, 0.1) is 10.5 Å². The SMILES string of the molecule is Cc1cc(I)ccc1NCc1cncn1C(C)C. The molecule has 96 valence electrons. The average molecular weight is 355 g/mol. The minimum Gasteiger partial charge on any atom is -0.379 e. The summed E-state index contributed by atoms with van der Waals surface area (Å²) in [6.45, 7) is 7.27. The van der Waals surface area contributed by atoms with Gasteiger partial charge in [-0.1, -0.05) is 0 Å². The van der Waals surface area contributed by atoms with Crippen molar-refractivity contribution in [2.75, 3.05) is 5.32 Å². The van der Waals surface area contributed by atoms with Crippen LogP contribution in [0.2, 0.25) is 0 Å². The zero-order valence-electron chi connectivity index (χ0n) is 10.9. The largest absolute Gasteiger partial charge is 0.379 e. The zero-order valence-corrected chi connectivity index (χ0v) is 13.1. The molecule has 1 N–H and O–H groups in total. The fraction of sp³-hybridized carbons (Fsp3) is 0.357. The lowest BCUT2D eigenvalue weighted by Crippen LogP contribution is -2.09. The molecule has 0 atom stereocenters. The van der Waals surface area contributed by atoms with Gasteiger partial charge in [-0.15, -0.1) is 0 Å². The van der Waals surface area contributed by atoms with E-state index in [1.165, 1.54) is 20.5 Å². The zero-order chi connectivity index (χ0) is 13.1. The molecule has 2 rings (SSSR count). The third-order valence-electron chi connectivity index (χ3n) is 2.95. The summed E-state index contributed by atoms with van der Waals surface area (Å²) in [4.78, 5) is 4.21. The van der Waals surface area contributed by atoms with Crippen LogP contribution in [0.1, 0.15) is 31.1 Å². The van der Waals surface area contributed by atoms with Gasteiger partial charge in [0.1, 0.15) is 0 Å². The van der Waals surface area contributed by atoms with Gasteiger partial charge >= 0.3 is 0 Å². The quantitative estimate of drug-likeness (QED) is 0.841. The molecule has 0 saturated heterocycles. The maximum absolute atomic E-state index is 4.21. The van der Waals surface area contributed by atoms with E-state index in [9.17, 15) is 0 Å². The Bertz CT molecular complexity index is 532. The number of hydrogen-bond acceptors (Lipinski definition) is 2. The molecule has 0 aliphatic rings. The first-order valence-corrected chi connectivity index (χ1v) is 7.16. The van der Waals surface area contributed by atoms with Crippen LogP contribution in [-0.2, 0) is 6.54 Å². The van der Waals surface area contributed by atoms with E-state index < -0.39 is 0 Å². The molecule has 4 heteroatoms. The van der Waals surface area contributed by atoms with Crippen molar-refractivity contribution in [1.82, 2.24) is 9.55 Å². The van der Waals surface area contributed by atoms with E-state index in [1.807, 2.05) is 12.5 Å². The van der Waals surface area contributed by atoms with Crippen molar-refractivity contribution in [2.24, 2.45) is 0 Å². The Morgan fingerprint density at radius 2 is 2.17 bits per heavy atom. The van der Waals surface area contributed by atoms with E-state index in [0.717, 1.165) is 6.54 Å². The average Bonchev–Trinajstić information content (AvgIpc) is 2.76. The maximum Gasteiger partial charge on any atom is 0.0951 e. The van der Waals surface area contributed by atoms with E-state index in [1.54, 1.807) is 0 Å². The summed E-state index contributed by atoms with van der Waals surface area (Å²) in [5.41, 5.74) is 3.67. The monoisotopic (exact) mass is 355 g/mol. The van der Waals surface area contributed by atoms with Crippen LogP contribution < -0.4 is 5.32 Å². The first-order chi connectivity index (χ1) is 8.58. The Morgan fingerprint density at radius 1 is 1.39 bits per heavy atom. The standard InChI is InChI=1S/C14H18IN3/c1-10(2)18-9-16-7-13(18)8-17-14-5-4-12(15)6-11(14)3/h4-7,9-10,17H,8H2,1-3H3.